The third-order valence-corrected chi connectivity index (χ3v) is 4.90. The van der Waals surface area contributed by atoms with Gasteiger partial charge in [0.2, 0.25) is 5.91 Å². The molecule has 156 valence electrons. The van der Waals surface area contributed by atoms with Gasteiger partial charge in [-0.15, -0.1) is 0 Å². The Balaban J connectivity index is 1.55. The SMILES string of the molecule is CCOc1ccc(-c2ccc(=O)n(CCCC(=O)NCc3ccccc3Cl)n2)cc1. The van der Waals surface area contributed by atoms with Gasteiger partial charge in [0.25, 0.3) is 5.56 Å². The van der Waals surface area contributed by atoms with Gasteiger partial charge in [0.1, 0.15) is 5.75 Å². The van der Waals surface area contributed by atoms with Gasteiger partial charge in [0.05, 0.1) is 12.3 Å². The normalized spacial score (nSPS) is 10.6. The predicted octanol–water partition coefficient (Wildman–Crippen LogP) is 4.06. The molecule has 1 amide bonds. The number of hydrogen-bond acceptors (Lipinski definition) is 4. The Labute approximate surface area is 180 Å². The lowest BCUT2D eigenvalue weighted by Gasteiger charge is -2.09. The van der Waals surface area contributed by atoms with Gasteiger partial charge in [-0.1, -0.05) is 29.8 Å². The molecular weight excluding hydrogens is 402 g/mol. The number of aryl methyl sites for hydroxylation is 1. The van der Waals surface area contributed by atoms with E-state index in [1.165, 1.54) is 10.7 Å². The van der Waals surface area contributed by atoms with Gasteiger partial charge in [-0.3, -0.25) is 9.59 Å². The number of carbonyl (C=O) groups is 1. The quantitative estimate of drug-likeness (QED) is 0.561. The van der Waals surface area contributed by atoms with Gasteiger partial charge >= 0.3 is 0 Å². The number of benzene rings is 2. The van der Waals surface area contributed by atoms with Gasteiger partial charge in [-0.05, 0) is 55.3 Å². The molecule has 3 rings (SSSR count). The van der Waals surface area contributed by atoms with Crippen LogP contribution in [0.15, 0.2) is 65.5 Å². The summed E-state index contributed by atoms with van der Waals surface area (Å²) in [5, 5.41) is 7.91. The molecule has 0 atom stereocenters. The Morgan fingerprint density at radius 2 is 1.87 bits per heavy atom. The molecule has 0 aliphatic rings. The molecule has 0 saturated carbocycles. The first-order valence-corrected chi connectivity index (χ1v) is 10.3. The number of rotatable bonds is 9. The number of halogens is 1. The molecule has 1 aromatic heterocycles. The van der Waals surface area contributed by atoms with E-state index in [0.717, 1.165) is 16.9 Å². The second kappa shape index (κ2) is 10.6. The summed E-state index contributed by atoms with van der Waals surface area (Å²) < 4.78 is 6.84. The maximum Gasteiger partial charge on any atom is 0.266 e. The molecule has 0 radical (unpaired) electrons. The summed E-state index contributed by atoms with van der Waals surface area (Å²) in [7, 11) is 0. The molecular formula is C23H24ClN3O3. The van der Waals surface area contributed by atoms with Crippen molar-refractivity contribution < 1.29 is 9.53 Å². The van der Waals surface area contributed by atoms with Gasteiger partial charge in [0, 0.05) is 36.2 Å². The van der Waals surface area contributed by atoms with Crippen molar-refractivity contribution in [1.82, 2.24) is 15.1 Å². The fraction of sp³-hybridized carbons (Fsp3) is 0.261. The van der Waals surface area contributed by atoms with Crippen LogP contribution in [0.1, 0.15) is 25.3 Å². The Hall–Kier alpha value is -3.12. The Bertz CT molecular complexity index is 1050. The average molecular weight is 426 g/mol. The largest absolute Gasteiger partial charge is 0.494 e. The van der Waals surface area contributed by atoms with E-state index in [4.69, 9.17) is 16.3 Å². The van der Waals surface area contributed by atoms with Crippen molar-refractivity contribution in [3.8, 4) is 17.0 Å². The van der Waals surface area contributed by atoms with Crippen molar-refractivity contribution in [2.45, 2.75) is 32.9 Å². The Kier molecular flexibility index (Phi) is 7.63. The van der Waals surface area contributed by atoms with E-state index in [1.54, 1.807) is 12.1 Å². The molecule has 6 nitrogen and oxygen atoms in total. The summed E-state index contributed by atoms with van der Waals surface area (Å²) in [5.74, 6) is 0.697. The van der Waals surface area contributed by atoms with Crippen molar-refractivity contribution in [1.29, 1.82) is 0 Å². The summed E-state index contributed by atoms with van der Waals surface area (Å²) in [4.78, 5) is 24.2. The summed E-state index contributed by atoms with van der Waals surface area (Å²) in [6.45, 7) is 3.28. The molecule has 0 spiro atoms. The van der Waals surface area contributed by atoms with Crippen molar-refractivity contribution in [3.63, 3.8) is 0 Å². The minimum Gasteiger partial charge on any atom is -0.494 e. The summed E-state index contributed by atoms with van der Waals surface area (Å²) >= 11 is 6.09. The second-order valence-corrected chi connectivity index (χ2v) is 7.12. The highest BCUT2D eigenvalue weighted by molar-refractivity contribution is 6.31. The molecule has 0 aliphatic carbocycles. The standard InChI is InChI=1S/C23H24ClN3O3/c1-2-30-19-11-9-17(10-12-19)21-13-14-23(29)27(26-21)15-5-8-22(28)25-16-18-6-3-4-7-20(18)24/h3-4,6-7,9-14H,2,5,8,15-16H2,1H3,(H,25,28). The van der Waals surface area contributed by atoms with Crippen molar-refractivity contribution in [2.24, 2.45) is 0 Å². The predicted molar refractivity (Wildman–Crippen MR) is 118 cm³/mol. The fourth-order valence-electron chi connectivity index (χ4n) is 2.97. The van der Waals surface area contributed by atoms with Crippen LogP contribution in [0.5, 0.6) is 5.75 Å². The van der Waals surface area contributed by atoms with Crippen LogP contribution in [0, 0.1) is 0 Å². The molecule has 3 aromatic rings. The maximum atomic E-state index is 12.1. The number of nitrogens with zero attached hydrogens (tertiary/aromatic N) is 2. The fourth-order valence-corrected chi connectivity index (χ4v) is 3.17. The molecule has 0 fully saturated rings. The third-order valence-electron chi connectivity index (χ3n) is 4.54. The lowest BCUT2D eigenvalue weighted by atomic mass is 10.1. The number of aromatic nitrogens is 2. The topological polar surface area (TPSA) is 73.2 Å². The van der Waals surface area contributed by atoms with Gasteiger partial charge in [0.15, 0.2) is 0 Å². The lowest BCUT2D eigenvalue weighted by molar-refractivity contribution is -0.121. The van der Waals surface area contributed by atoms with Crippen LogP contribution in [-0.4, -0.2) is 22.3 Å². The first kappa shape index (κ1) is 21.6. The van der Waals surface area contributed by atoms with Crippen LogP contribution in [0.4, 0.5) is 0 Å². The molecule has 0 saturated heterocycles. The second-order valence-electron chi connectivity index (χ2n) is 6.71. The molecule has 1 heterocycles. The summed E-state index contributed by atoms with van der Waals surface area (Å²) in [6.07, 6.45) is 0.805. The molecule has 30 heavy (non-hydrogen) atoms. The first-order chi connectivity index (χ1) is 14.6. The van der Waals surface area contributed by atoms with Crippen LogP contribution in [0.3, 0.4) is 0 Å². The van der Waals surface area contributed by atoms with Crippen molar-refractivity contribution in [2.75, 3.05) is 6.61 Å². The molecule has 0 bridgehead atoms. The summed E-state index contributed by atoms with van der Waals surface area (Å²) in [5.41, 5.74) is 2.26. The number of carbonyl (C=O) groups excluding carboxylic acids is 1. The highest BCUT2D eigenvalue weighted by atomic mass is 35.5. The van der Waals surface area contributed by atoms with Gasteiger partial charge in [-0.25, -0.2) is 4.68 Å². The van der Waals surface area contributed by atoms with Gasteiger partial charge in [-0.2, -0.15) is 5.10 Å². The Morgan fingerprint density at radius 3 is 2.60 bits per heavy atom. The summed E-state index contributed by atoms with van der Waals surface area (Å²) in [6, 6.07) is 18.1. The number of amides is 1. The molecule has 2 aromatic carbocycles. The number of hydrogen-bond donors (Lipinski definition) is 1. The molecule has 7 heteroatoms. The van der Waals surface area contributed by atoms with Crippen LogP contribution in [-0.2, 0) is 17.9 Å². The first-order valence-electron chi connectivity index (χ1n) is 9.88. The van der Waals surface area contributed by atoms with E-state index in [0.29, 0.717) is 43.3 Å². The minimum atomic E-state index is -0.193. The minimum absolute atomic E-state index is 0.0920. The van der Waals surface area contributed by atoms with E-state index in [9.17, 15) is 9.59 Å². The molecule has 1 N–H and O–H groups in total. The molecule has 0 aliphatic heterocycles. The smallest absolute Gasteiger partial charge is 0.266 e. The maximum absolute atomic E-state index is 12.1. The van der Waals surface area contributed by atoms with E-state index < -0.39 is 0 Å². The monoisotopic (exact) mass is 425 g/mol. The van der Waals surface area contributed by atoms with E-state index >= 15 is 0 Å². The highest BCUT2D eigenvalue weighted by Gasteiger charge is 2.07. The van der Waals surface area contributed by atoms with Crippen LogP contribution >= 0.6 is 11.6 Å². The number of nitrogens with one attached hydrogen (secondary N) is 1. The van der Waals surface area contributed by atoms with E-state index in [2.05, 4.69) is 10.4 Å². The zero-order valence-corrected chi connectivity index (χ0v) is 17.6. The van der Waals surface area contributed by atoms with Crippen LogP contribution in [0.2, 0.25) is 5.02 Å². The zero-order valence-electron chi connectivity index (χ0n) is 16.8. The Morgan fingerprint density at radius 1 is 1.10 bits per heavy atom. The van der Waals surface area contributed by atoms with Crippen LogP contribution < -0.4 is 15.6 Å². The van der Waals surface area contributed by atoms with Crippen LogP contribution in [0.25, 0.3) is 11.3 Å². The number of ether oxygens (including phenoxy) is 1. The van der Waals surface area contributed by atoms with E-state index in [1.807, 2.05) is 49.4 Å². The lowest BCUT2D eigenvalue weighted by Crippen LogP contribution is -2.25. The average Bonchev–Trinajstić information content (AvgIpc) is 2.75. The van der Waals surface area contributed by atoms with Crippen molar-refractivity contribution in [3.05, 3.63) is 81.6 Å². The molecule has 0 unspecified atom stereocenters. The highest BCUT2D eigenvalue weighted by Crippen LogP contribution is 2.20. The zero-order chi connectivity index (χ0) is 21.3. The van der Waals surface area contributed by atoms with Crippen molar-refractivity contribution >= 4 is 17.5 Å². The van der Waals surface area contributed by atoms with E-state index in [-0.39, 0.29) is 11.5 Å². The third kappa shape index (κ3) is 5.94. The van der Waals surface area contributed by atoms with Gasteiger partial charge < -0.3 is 10.1 Å².